The molecule has 0 aliphatic rings. The fourth-order valence-corrected chi connectivity index (χ4v) is 8.87. The minimum Gasteiger partial charge on any atom is -0.394 e. The average molecular weight is 848 g/mol. The van der Waals surface area contributed by atoms with Gasteiger partial charge in [-0.15, -0.1) is 0 Å². The Morgan fingerprint density at radius 2 is 0.667 bits per heavy atom. The van der Waals surface area contributed by atoms with E-state index in [1.807, 2.05) is 0 Å². The highest BCUT2D eigenvalue weighted by Gasteiger charge is 2.26. The van der Waals surface area contributed by atoms with Gasteiger partial charge in [0.15, 0.2) is 0 Å². The van der Waals surface area contributed by atoms with Crippen LogP contribution in [0.4, 0.5) is 0 Å². The van der Waals surface area contributed by atoms with Crippen LogP contribution in [-0.2, 0) is 4.79 Å². The highest BCUT2D eigenvalue weighted by molar-refractivity contribution is 5.76. The van der Waals surface area contributed by atoms with Gasteiger partial charge in [-0.3, -0.25) is 4.79 Å². The molecule has 0 fully saturated rings. The largest absolute Gasteiger partial charge is 0.394 e. The van der Waals surface area contributed by atoms with Gasteiger partial charge in [0.25, 0.3) is 0 Å². The zero-order valence-electron chi connectivity index (χ0n) is 40.9. The molecule has 5 heteroatoms. The Morgan fingerprint density at radius 3 is 0.967 bits per heavy atom. The summed E-state index contributed by atoms with van der Waals surface area (Å²) in [4.78, 5) is 12.5. The number of amides is 1. The van der Waals surface area contributed by atoms with E-state index in [4.69, 9.17) is 0 Å². The van der Waals surface area contributed by atoms with Crippen molar-refractivity contribution < 1.29 is 20.1 Å². The molecule has 3 atom stereocenters. The van der Waals surface area contributed by atoms with Crippen LogP contribution in [0.1, 0.15) is 309 Å². The number of allylic oxidation sites excluding steroid dienone is 2. The zero-order valence-corrected chi connectivity index (χ0v) is 40.9. The molecule has 0 saturated heterocycles. The second kappa shape index (κ2) is 50.7. The number of nitrogens with one attached hydrogen (secondary N) is 1. The summed E-state index contributed by atoms with van der Waals surface area (Å²) in [7, 11) is 0. The van der Waals surface area contributed by atoms with E-state index in [0.717, 1.165) is 38.5 Å². The molecule has 0 rings (SSSR count). The zero-order chi connectivity index (χ0) is 43.7. The molecule has 60 heavy (non-hydrogen) atoms. The van der Waals surface area contributed by atoms with Crippen LogP contribution in [-0.4, -0.2) is 46.1 Å². The predicted molar refractivity (Wildman–Crippen MR) is 264 cm³/mol. The van der Waals surface area contributed by atoms with Crippen molar-refractivity contribution in [2.45, 2.75) is 327 Å². The lowest BCUT2D eigenvalue weighted by Gasteiger charge is -2.26. The summed E-state index contributed by atoms with van der Waals surface area (Å²) >= 11 is 0. The second-order valence-electron chi connectivity index (χ2n) is 19.1. The van der Waals surface area contributed by atoms with E-state index in [0.29, 0.717) is 12.8 Å². The number of hydrogen-bond acceptors (Lipinski definition) is 4. The van der Waals surface area contributed by atoms with Crippen molar-refractivity contribution in [3.8, 4) is 0 Å². The van der Waals surface area contributed by atoms with Crippen LogP contribution < -0.4 is 5.32 Å². The number of hydrogen-bond donors (Lipinski definition) is 4. The maximum Gasteiger partial charge on any atom is 0.220 e. The van der Waals surface area contributed by atoms with Crippen LogP contribution >= 0.6 is 0 Å². The minimum absolute atomic E-state index is 0.147. The maximum atomic E-state index is 12.5. The predicted octanol–water partition coefficient (Wildman–Crippen LogP) is 16.7. The summed E-state index contributed by atoms with van der Waals surface area (Å²) in [6.45, 7) is 4.21. The van der Waals surface area contributed by atoms with Crippen molar-refractivity contribution in [2.24, 2.45) is 0 Å². The Balaban J connectivity index is 3.52. The van der Waals surface area contributed by atoms with Gasteiger partial charge in [0.05, 0.1) is 18.8 Å². The number of unbranched alkanes of at least 4 members (excludes halogenated alkanes) is 41. The molecule has 0 aromatic heterocycles. The molecular weight excluding hydrogens is 739 g/mol. The number of aliphatic hydroxyl groups excluding tert-OH is 3. The Morgan fingerprint density at radius 1 is 0.400 bits per heavy atom. The second-order valence-corrected chi connectivity index (χ2v) is 19.1. The summed E-state index contributed by atoms with van der Waals surface area (Å²) in [6, 6.07) is -0.822. The third-order valence-corrected chi connectivity index (χ3v) is 13.1. The average Bonchev–Trinajstić information content (AvgIpc) is 3.25. The molecule has 0 radical (unpaired) electrons. The van der Waals surface area contributed by atoms with Gasteiger partial charge in [-0.1, -0.05) is 276 Å². The van der Waals surface area contributed by atoms with E-state index in [-0.39, 0.29) is 12.5 Å². The van der Waals surface area contributed by atoms with Crippen LogP contribution in [0.5, 0.6) is 0 Å². The quantitative estimate of drug-likeness (QED) is 0.0363. The lowest BCUT2D eigenvalue weighted by molar-refractivity contribution is -0.124. The normalized spacial score (nSPS) is 13.3. The monoisotopic (exact) mass is 848 g/mol. The summed E-state index contributed by atoms with van der Waals surface area (Å²) < 4.78 is 0. The van der Waals surface area contributed by atoms with E-state index in [9.17, 15) is 20.1 Å². The first kappa shape index (κ1) is 59.1. The fraction of sp³-hybridized carbons (Fsp3) is 0.945. The van der Waals surface area contributed by atoms with Gasteiger partial charge in [-0.25, -0.2) is 0 Å². The van der Waals surface area contributed by atoms with Crippen LogP contribution in [0.25, 0.3) is 0 Å². The van der Waals surface area contributed by atoms with Gasteiger partial charge in [0.2, 0.25) is 5.91 Å². The fourth-order valence-electron chi connectivity index (χ4n) is 8.87. The molecule has 4 N–H and O–H groups in total. The summed E-state index contributed by atoms with van der Waals surface area (Å²) in [5.74, 6) is -0.147. The molecule has 358 valence electrons. The Kier molecular flexibility index (Phi) is 50.0. The molecule has 0 aromatic carbocycles. The molecule has 3 unspecified atom stereocenters. The number of aliphatic hydroxyl groups is 3. The standard InChI is InChI=1S/C55H109NO4/c1-3-5-7-9-11-13-15-17-19-21-23-24-25-26-27-28-29-30-31-32-34-36-38-40-42-44-46-48-50-54(59)56-52(51-57)55(60)53(58)49-47-45-43-41-39-37-35-33-22-20-18-16-14-12-10-8-6-4-2/h41,43,52-53,55,57-58,60H,3-40,42,44-51H2,1-2H3,(H,56,59)/b43-41+. The summed E-state index contributed by atoms with van der Waals surface area (Å²) in [5.41, 5.74) is 0. The molecule has 0 bridgehead atoms. The maximum absolute atomic E-state index is 12.5. The van der Waals surface area contributed by atoms with Crippen molar-refractivity contribution >= 4 is 5.91 Å². The topological polar surface area (TPSA) is 89.8 Å². The molecule has 0 saturated carbocycles. The Hall–Kier alpha value is -0.910. The summed E-state index contributed by atoms with van der Waals surface area (Å²) in [5, 5.41) is 33.7. The van der Waals surface area contributed by atoms with E-state index in [1.54, 1.807) is 0 Å². The van der Waals surface area contributed by atoms with Crippen LogP contribution in [0.3, 0.4) is 0 Å². The van der Waals surface area contributed by atoms with Crippen molar-refractivity contribution in [1.82, 2.24) is 5.32 Å². The van der Waals surface area contributed by atoms with Gasteiger partial charge in [0.1, 0.15) is 6.10 Å². The molecule has 0 aromatic rings. The van der Waals surface area contributed by atoms with Gasteiger partial charge in [-0.05, 0) is 38.5 Å². The third kappa shape index (κ3) is 45.1. The minimum atomic E-state index is -1.16. The van der Waals surface area contributed by atoms with Crippen molar-refractivity contribution in [3.05, 3.63) is 12.2 Å². The van der Waals surface area contributed by atoms with Gasteiger partial charge >= 0.3 is 0 Å². The Bertz CT molecular complexity index is 848. The van der Waals surface area contributed by atoms with Gasteiger partial charge in [-0.2, -0.15) is 0 Å². The first-order chi connectivity index (χ1) is 29.6. The molecule has 1 amide bonds. The van der Waals surface area contributed by atoms with E-state index < -0.39 is 18.2 Å². The van der Waals surface area contributed by atoms with E-state index in [2.05, 4.69) is 31.3 Å². The number of carbonyl (C=O) groups is 1. The van der Waals surface area contributed by atoms with Crippen molar-refractivity contribution in [3.63, 3.8) is 0 Å². The van der Waals surface area contributed by atoms with Crippen molar-refractivity contribution in [2.75, 3.05) is 6.61 Å². The first-order valence-corrected chi connectivity index (χ1v) is 27.5. The van der Waals surface area contributed by atoms with Crippen molar-refractivity contribution in [1.29, 1.82) is 0 Å². The molecule has 0 heterocycles. The smallest absolute Gasteiger partial charge is 0.220 e. The molecule has 0 spiro atoms. The highest BCUT2D eigenvalue weighted by Crippen LogP contribution is 2.18. The molecule has 0 aliphatic heterocycles. The number of rotatable bonds is 51. The lowest BCUT2D eigenvalue weighted by Crippen LogP contribution is -2.50. The first-order valence-electron chi connectivity index (χ1n) is 27.5. The molecule has 5 nitrogen and oxygen atoms in total. The highest BCUT2D eigenvalue weighted by atomic mass is 16.3. The SMILES string of the molecule is CCCCCCCCCCCCCCC/C=C/CCCC(O)C(O)C(CO)NC(=O)CCCCCCCCCCCCCCCCCCCCCCCCCCCCCC. The summed E-state index contributed by atoms with van der Waals surface area (Å²) in [6.07, 6.45) is 62.2. The van der Waals surface area contributed by atoms with Crippen LogP contribution in [0.15, 0.2) is 12.2 Å². The van der Waals surface area contributed by atoms with Gasteiger partial charge in [0, 0.05) is 6.42 Å². The van der Waals surface area contributed by atoms with E-state index in [1.165, 1.54) is 244 Å². The Labute approximate surface area is 376 Å². The van der Waals surface area contributed by atoms with Gasteiger partial charge < -0.3 is 20.6 Å². The molecular formula is C55H109NO4. The molecule has 0 aliphatic carbocycles. The third-order valence-electron chi connectivity index (χ3n) is 13.1. The van der Waals surface area contributed by atoms with Crippen LogP contribution in [0, 0.1) is 0 Å². The van der Waals surface area contributed by atoms with Crippen LogP contribution in [0.2, 0.25) is 0 Å². The lowest BCUT2D eigenvalue weighted by atomic mass is 10.0. The van der Waals surface area contributed by atoms with E-state index >= 15 is 0 Å². The number of carbonyl (C=O) groups excluding carboxylic acids is 1.